The van der Waals surface area contributed by atoms with Crippen LogP contribution in [-0.4, -0.2) is 37.1 Å². The molecule has 0 aliphatic carbocycles. The molecule has 3 aromatic rings. The van der Waals surface area contributed by atoms with Crippen molar-refractivity contribution >= 4 is 5.91 Å². The van der Waals surface area contributed by atoms with Crippen molar-refractivity contribution in [3.63, 3.8) is 0 Å². The van der Waals surface area contributed by atoms with E-state index >= 15 is 0 Å². The third kappa shape index (κ3) is 5.24. The molecule has 25 heavy (non-hydrogen) atoms. The van der Waals surface area contributed by atoms with E-state index in [0.29, 0.717) is 26.1 Å². The van der Waals surface area contributed by atoms with Crippen LogP contribution in [0.15, 0.2) is 67.5 Å². The molecule has 2 aromatic heterocycles. The number of hydrogen-bond donors (Lipinski definition) is 0. The van der Waals surface area contributed by atoms with Gasteiger partial charge < -0.3 is 4.90 Å². The lowest BCUT2D eigenvalue weighted by Crippen LogP contribution is -2.33. The summed E-state index contributed by atoms with van der Waals surface area (Å²) in [6, 6.07) is 14.1. The summed E-state index contributed by atoms with van der Waals surface area (Å²) in [5.74, 6) is 0.114. The van der Waals surface area contributed by atoms with Crippen LogP contribution in [0.1, 0.15) is 17.5 Å². The Morgan fingerprint density at radius 1 is 1.00 bits per heavy atom. The Bertz CT molecular complexity index is 759. The molecule has 0 saturated heterocycles. The molecular weight excluding hydrogens is 314 g/mol. The largest absolute Gasteiger partial charge is 0.338 e. The van der Waals surface area contributed by atoms with Crippen LogP contribution in [0.5, 0.6) is 0 Å². The number of carbonyl (C=O) groups is 1. The molecule has 0 fully saturated rings. The van der Waals surface area contributed by atoms with Crippen LogP contribution in [0.25, 0.3) is 0 Å². The number of aromatic nitrogens is 4. The Morgan fingerprint density at radius 3 is 2.52 bits per heavy atom. The van der Waals surface area contributed by atoms with Crippen molar-refractivity contribution in [3.05, 3.63) is 78.6 Å². The number of aryl methyl sites for hydroxylation is 1. The summed E-state index contributed by atoms with van der Waals surface area (Å²) >= 11 is 0. The van der Waals surface area contributed by atoms with Crippen molar-refractivity contribution in [2.75, 3.05) is 6.54 Å². The molecule has 0 aliphatic heterocycles. The number of rotatable bonds is 8. The zero-order valence-electron chi connectivity index (χ0n) is 14.0. The van der Waals surface area contributed by atoms with Gasteiger partial charge in [0, 0.05) is 31.9 Å². The standard InChI is InChI=1S/C19H21N5O/c25-19(9-13-24-16-21-15-22-24)23(14-18-6-10-20-11-7-18)12-8-17-4-2-1-3-5-17/h1-7,10-11,15-16H,8-9,12-14H2. The highest BCUT2D eigenvalue weighted by atomic mass is 16.2. The second-order valence-electron chi connectivity index (χ2n) is 5.81. The van der Waals surface area contributed by atoms with Gasteiger partial charge in [0.05, 0.1) is 6.54 Å². The van der Waals surface area contributed by atoms with Gasteiger partial charge in [0.25, 0.3) is 0 Å². The van der Waals surface area contributed by atoms with Gasteiger partial charge in [-0.3, -0.25) is 14.5 Å². The van der Waals surface area contributed by atoms with Crippen molar-refractivity contribution in [2.24, 2.45) is 0 Å². The van der Waals surface area contributed by atoms with Crippen LogP contribution < -0.4 is 0 Å². The van der Waals surface area contributed by atoms with Crippen molar-refractivity contribution < 1.29 is 4.79 Å². The normalized spacial score (nSPS) is 10.6. The first-order valence-corrected chi connectivity index (χ1v) is 8.34. The lowest BCUT2D eigenvalue weighted by Gasteiger charge is -2.23. The highest BCUT2D eigenvalue weighted by Crippen LogP contribution is 2.09. The van der Waals surface area contributed by atoms with Crippen LogP contribution in [0.2, 0.25) is 0 Å². The molecule has 0 N–H and O–H groups in total. The highest BCUT2D eigenvalue weighted by Gasteiger charge is 2.14. The molecule has 0 bridgehead atoms. The lowest BCUT2D eigenvalue weighted by molar-refractivity contribution is -0.132. The summed E-state index contributed by atoms with van der Waals surface area (Å²) in [7, 11) is 0. The first-order valence-electron chi connectivity index (χ1n) is 8.34. The van der Waals surface area contributed by atoms with Crippen molar-refractivity contribution in [1.82, 2.24) is 24.6 Å². The van der Waals surface area contributed by atoms with E-state index in [1.54, 1.807) is 23.4 Å². The highest BCUT2D eigenvalue weighted by molar-refractivity contribution is 5.76. The molecule has 0 spiro atoms. The Balaban J connectivity index is 1.63. The molecule has 1 aromatic carbocycles. The van der Waals surface area contributed by atoms with E-state index in [-0.39, 0.29) is 5.91 Å². The SMILES string of the molecule is O=C(CCn1cncn1)N(CCc1ccccc1)Cc1ccncc1. The van der Waals surface area contributed by atoms with Crippen molar-refractivity contribution in [1.29, 1.82) is 0 Å². The fraction of sp³-hybridized carbons (Fsp3) is 0.263. The summed E-state index contributed by atoms with van der Waals surface area (Å²) in [6.45, 7) is 1.81. The maximum Gasteiger partial charge on any atom is 0.224 e. The van der Waals surface area contributed by atoms with Gasteiger partial charge >= 0.3 is 0 Å². The number of benzene rings is 1. The Morgan fingerprint density at radius 2 is 1.80 bits per heavy atom. The Kier molecular flexibility index (Phi) is 5.87. The third-order valence-corrected chi connectivity index (χ3v) is 4.01. The van der Waals surface area contributed by atoms with Gasteiger partial charge in [-0.15, -0.1) is 0 Å². The molecule has 0 unspecified atom stereocenters. The summed E-state index contributed by atoms with van der Waals surface area (Å²) in [4.78, 5) is 22.6. The summed E-state index contributed by atoms with van der Waals surface area (Å²) in [5, 5.41) is 4.05. The number of nitrogens with zero attached hydrogens (tertiary/aromatic N) is 5. The summed E-state index contributed by atoms with van der Waals surface area (Å²) in [6.07, 6.45) is 7.86. The Labute approximate surface area is 147 Å². The van der Waals surface area contributed by atoms with E-state index in [9.17, 15) is 4.79 Å². The van der Waals surface area contributed by atoms with Crippen LogP contribution in [-0.2, 0) is 24.3 Å². The first kappa shape index (κ1) is 16.8. The van der Waals surface area contributed by atoms with Crippen molar-refractivity contribution in [3.8, 4) is 0 Å². The zero-order valence-corrected chi connectivity index (χ0v) is 14.0. The number of carbonyl (C=O) groups excluding carboxylic acids is 1. The number of pyridine rings is 1. The van der Waals surface area contributed by atoms with E-state index in [2.05, 4.69) is 27.2 Å². The van der Waals surface area contributed by atoms with Gasteiger partial charge in [-0.25, -0.2) is 4.98 Å². The molecule has 0 atom stereocenters. The van der Waals surface area contributed by atoms with Gasteiger partial charge in [-0.2, -0.15) is 5.10 Å². The van der Waals surface area contributed by atoms with E-state index in [0.717, 1.165) is 12.0 Å². The average Bonchev–Trinajstić information content (AvgIpc) is 3.18. The van der Waals surface area contributed by atoms with Crippen LogP contribution in [0, 0.1) is 0 Å². The average molecular weight is 335 g/mol. The maximum absolute atomic E-state index is 12.7. The number of hydrogen-bond acceptors (Lipinski definition) is 4. The van der Waals surface area contributed by atoms with E-state index in [1.165, 1.54) is 11.9 Å². The third-order valence-electron chi connectivity index (χ3n) is 4.01. The lowest BCUT2D eigenvalue weighted by atomic mass is 10.1. The monoisotopic (exact) mass is 335 g/mol. The van der Waals surface area contributed by atoms with Crippen LogP contribution >= 0.6 is 0 Å². The molecular formula is C19H21N5O. The molecule has 0 saturated carbocycles. The zero-order chi connectivity index (χ0) is 17.3. The van der Waals surface area contributed by atoms with E-state index in [4.69, 9.17) is 0 Å². The first-order chi connectivity index (χ1) is 12.3. The molecule has 3 rings (SSSR count). The second-order valence-corrected chi connectivity index (χ2v) is 5.81. The molecule has 128 valence electrons. The molecule has 1 amide bonds. The van der Waals surface area contributed by atoms with Gasteiger partial charge in [0.2, 0.25) is 5.91 Å². The maximum atomic E-state index is 12.7. The van der Waals surface area contributed by atoms with Crippen LogP contribution in [0.3, 0.4) is 0 Å². The topological polar surface area (TPSA) is 63.9 Å². The van der Waals surface area contributed by atoms with Gasteiger partial charge in [0.15, 0.2) is 0 Å². The molecule has 0 radical (unpaired) electrons. The van der Waals surface area contributed by atoms with Crippen LogP contribution in [0.4, 0.5) is 0 Å². The predicted molar refractivity (Wildman–Crippen MR) is 94.4 cm³/mol. The minimum Gasteiger partial charge on any atom is -0.338 e. The van der Waals surface area contributed by atoms with Gasteiger partial charge in [-0.05, 0) is 29.7 Å². The van der Waals surface area contributed by atoms with Crippen molar-refractivity contribution in [2.45, 2.75) is 25.9 Å². The molecule has 2 heterocycles. The van der Waals surface area contributed by atoms with Gasteiger partial charge in [-0.1, -0.05) is 30.3 Å². The number of amides is 1. The van der Waals surface area contributed by atoms with Gasteiger partial charge in [0.1, 0.15) is 12.7 Å². The molecule has 6 nitrogen and oxygen atoms in total. The fourth-order valence-electron chi connectivity index (χ4n) is 2.63. The van der Waals surface area contributed by atoms with E-state index < -0.39 is 0 Å². The molecule has 0 aliphatic rings. The van der Waals surface area contributed by atoms with E-state index in [1.807, 2.05) is 35.2 Å². The Hall–Kier alpha value is -3.02. The summed E-state index contributed by atoms with van der Waals surface area (Å²) < 4.78 is 1.68. The minimum absolute atomic E-state index is 0.114. The molecule has 6 heteroatoms. The second kappa shape index (κ2) is 8.73. The minimum atomic E-state index is 0.114. The quantitative estimate of drug-likeness (QED) is 0.634. The fourth-order valence-corrected chi connectivity index (χ4v) is 2.63. The summed E-state index contributed by atoms with van der Waals surface area (Å²) in [5.41, 5.74) is 2.31. The smallest absolute Gasteiger partial charge is 0.224 e. The predicted octanol–water partition coefficient (Wildman–Crippen LogP) is 2.33.